The maximum atomic E-state index is 11.7. The Morgan fingerprint density at radius 2 is 1.08 bits per heavy atom. The second-order valence-electron chi connectivity index (χ2n) is 3.80. The Labute approximate surface area is 147 Å². The third kappa shape index (κ3) is 6.66. The maximum Gasteiger partial charge on any atom is 0.394 e. The van der Waals surface area contributed by atoms with Crippen LogP contribution in [-0.2, 0) is 29.0 Å². The molecule has 0 heterocycles. The minimum absolute atomic E-state index is 0.164. The lowest BCUT2D eigenvalue weighted by molar-refractivity contribution is 0.0729. The van der Waals surface area contributed by atoms with E-state index in [1.54, 1.807) is 0 Å². The highest BCUT2D eigenvalue weighted by Gasteiger charge is 2.20. The molecule has 14 heteroatoms. The molecule has 0 saturated heterocycles. The molecule has 0 aliphatic heterocycles. The first-order valence-electron chi connectivity index (χ1n) is 5.77. The van der Waals surface area contributed by atoms with Crippen LogP contribution in [0.15, 0.2) is 24.3 Å². The van der Waals surface area contributed by atoms with E-state index in [1.165, 1.54) is 12.5 Å². The van der Waals surface area contributed by atoms with Crippen LogP contribution in [0.1, 0.15) is 20.7 Å². The van der Waals surface area contributed by atoms with Crippen LogP contribution in [0.2, 0.25) is 0 Å². The Hall–Kier alpha value is -1.32. The number of hydrogen-bond donors (Lipinski definition) is 2. The topological polar surface area (TPSA) is 145 Å². The zero-order valence-corrected chi connectivity index (χ0v) is 15.5. The van der Waals surface area contributed by atoms with Crippen LogP contribution in [0.25, 0.3) is 0 Å². The predicted molar refractivity (Wildman–Crippen MR) is 88.4 cm³/mol. The number of hydrogen-bond acceptors (Lipinski definition) is 10. The van der Waals surface area contributed by atoms with Gasteiger partial charge in [0.05, 0.1) is 11.1 Å². The molecule has 1 aromatic rings. The van der Waals surface area contributed by atoms with Crippen LogP contribution in [-0.4, -0.2) is 41.3 Å². The van der Waals surface area contributed by atoms with Crippen molar-refractivity contribution in [3.8, 4) is 0 Å². The SMILES string of the molecule is CSNS(=O)(=O)OC(=O)c1ccc(C(=O)OS(=O)(=O)NSC)cc1. The normalized spacial score (nSPS) is 11.8. The standard InChI is InChI=1S/C10H12N2O8S4/c1-21-11-23(15,16)19-9(13)7-3-5-8(6-4-7)10(14)20-24(17,18)12-22-2/h3-6,11-12H,1-2H3. The Bertz CT molecular complexity index is 735. The Kier molecular flexibility index (Phi) is 7.50. The summed E-state index contributed by atoms with van der Waals surface area (Å²) in [4.78, 5) is 23.3. The molecular formula is C10H12N2O8S4. The van der Waals surface area contributed by atoms with Gasteiger partial charge in [0.1, 0.15) is 0 Å². The summed E-state index contributed by atoms with van der Waals surface area (Å²) in [6.07, 6.45) is 2.84. The molecule has 0 aliphatic rings. The van der Waals surface area contributed by atoms with Gasteiger partial charge in [-0.15, -0.1) is 8.25 Å². The van der Waals surface area contributed by atoms with Gasteiger partial charge in [-0.1, -0.05) is 23.9 Å². The maximum absolute atomic E-state index is 11.7. The molecule has 0 amide bonds. The van der Waals surface area contributed by atoms with Gasteiger partial charge in [-0.25, -0.2) is 9.59 Å². The number of nitrogens with one attached hydrogen (secondary N) is 2. The second-order valence-corrected chi connectivity index (χ2v) is 8.10. The first-order chi connectivity index (χ1) is 11.1. The first-order valence-corrected chi connectivity index (χ1v) is 11.0. The minimum Gasteiger partial charge on any atom is -0.329 e. The molecule has 134 valence electrons. The van der Waals surface area contributed by atoms with Crippen LogP contribution >= 0.6 is 23.9 Å². The van der Waals surface area contributed by atoms with E-state index in [1.807, 2.05) is 8.25 Å². The van der Waals surface area contributed by atoms with Crippen LogP contribution < -0.4 is 8.25 Å². The van der Waals surface area contributed by atoms with E-state index in [4.69, 9.17) is 0 Å². The molecule has 24 heavy (non-hydrogen) atoms. The van der Waals surface area contributed by atoms with E-state index in [0.29, 0.717) is 0 Å². The first kappa shape index (κ1) is 20.7. The van der Waals surface area contributed by atoms with Crippen molar-refractivity contribution in [1.82, 2.24) is 8.25 Å². The van der Waals surface area contributed by atoms with E-state index in [2.05, 4.69) is 8.37 Å². The van der Waals surface area contributed by atoms with Crippen molar-refractivity contribution in [2.75, 3.05) is 12.5 Å². The van der Waals surface area contributed by atoms with Crippen molar-refractivity contribution < 1.29 is 34.8 Å². The van der Waals surface area contributed by atoms with Crippen molar-refractivity contribution in [3.63, 3.8) is 0 Å². The third-order valence-corrected chi connectivity index (χ3v) is 5.81. The molecule has 0 aromatic heterocycles. The van der Waals surface area contributed by atoms with Gasteiger partial charge >= 0.3 is 32.5 Å². The van der Waals surface area contributed by atoms with Gasteiger partial charge in [-0.2, -0.15) is 16.8 Å². The smallest absolute Gasteiger partial charge is 0.329 e. The molecule has 0 radical (unpaired) electrons. The van der Waals surface area contributed by atoms with E-state index in [9.17, 15) is 26.4 Å². The van der Waals surface area contributed by atoms with Crippen LogP contribution in [0, 0.1) is 0 Å². The molecule has 10 nitrogen and oxygen atoms in total. The highest BCUT2D eigenvalue weighted by molar-refractivity contribution is 8.07. The molecule has 0 spiro atoms. The summed E-state index contributed by atoms with van der Waals surface area (Å²) in [7, 11) is -8.51. The molecule has 0 bridgehead atoms. The van der Waals surface area contributed by atoms with E-state index in [0.717, 1.165) is 48.2 Å². The lowest BCUT2D eigenvalue weighted by Gasteiger charge is -2.06. The van der Waals surface area contributed by atoms with Crippen molar-refractivity contribution in [2.24, 2.45) is 0 Å². The summed E-state index contributed by atoms with van der Waals surface area (Å²) in [5, 5.41) is 0. The largest absolute Gasteiger partial charge is 0.394 e. The van der Waals surface area contributed by atoms with Crippen molar-refractivity contribution in [2.45, 2.75) is 0 Å². The summed E-state index contributed by atoms with van der Waals surface area (Å²) in [6, 6.07) is 4.34. The second kappa shape index (κ2) is 8.68. The summed E-state index contributed by atoms with van der Waals surface area (Å²) in [5.74, 6) is -2.35. The Balaban J connectivity index is 2.82. The summed E-state index contributed by atoms with van der Waals surface area (Å²) < 4.78 is 57.4. The zero-order valence-electron chi connectivity index (χ0n) is 12.2. The molecule has 2 N–H and O–H groups in total. The predicted octanol–water partition coefficient (Wildman–Crippen LogP) is 0.225. The molecule has 0 saturated carbocycles. The number of benzene rings is 1. The lowest BCUT2D eigenvalue weighted by Crippen LogP contribution is -2.23. The van der Waals surface area contributed by atoms with Crippen molar-refractivity contribution >= 4 is 56.4 Å². The highest BCUT2D eigenvalue weighted by atomic mass is 32.3. The van der Waals surface area contributed by atoms with Gasteiger partial charge in [0.25, 0.3) is 0 Å². The van der Waals surface area contributed by atoms with Gasteiger partial charge in [0.2, 0.25) is 0 Å². The fraction of sp³-hybridized carbons (Fsp3) is 0.200. The number of rotatable bonds is 8. The summed E-state index contributed by atoms with van der Waals surface area (Å²) in [5.41, 5.74) is -0.328. The van der Waals surface area contributed by atoms with Gasteiger partial charge in [0.15, 0.2) is 0 Å². The number of carbonyl (C=O) groups excluding carboxylic acids is 2. The van der Waals surface area contributed by atoms with Crippen molar-refractivity contribution in [3.05, 3.63) is 35.4 Å². The van der Waals surface area contributed by atoms with E-state index < -0.39 is 32.5 Å². The lowest BCUT2D eigenvalue weighted by atomic mass is 10.1. The van der Waals surface area contributed by atoms with Gasteiger partial charge in [-0.05, 0) is 36.8 Å². The van der Waals surface area contributed by atoms with Gasteiger partial charge in [0, 0.05) is 0 Å². The molecule has 0 fully saturated rings. The molecule has 0 aliphatic carbocycles. The fourth-order valence-corrected chi connectivity index (χ4v) is 3.77. The Morgan fingerprint density at radius 3 is 1.33 bits per heavy atom. The average Bonchev–Trinajstić information content (AvgIpc) is 2.46. The third-order valence-electron chi connectivity index (χ3n) is 2.10. The molecular weight excluding hydrogens is 404 g/mol. The highest BCUT2D eigenvalue weighted by Crippen LogP contribution is 2.10. The summed E-state index contributed by atoms with van der Waals surface area (Å²) >= 11 is 1.44. The summed E-state index contributed by atoms with van der Waals surface area (Å²) in [6.45, 7) is 0. The van der Waals surface area contributed by atoms with Crippen LogP contribution in [0.5, 0.6) is 0 Å². The van der Waals surface area contributed by atoms with E-state index >= 15 is 0 Å². The average molecular weight is 416 g/mol. The molecule has 1 aromatic carbocycles. The number of carbonyl (C=O) groups is 2. The zero-order chi connectivity index (χ0) is 18.4. The molecule has 0 unspecified atom stereocenters. The van der Waals surface area contributed by atoms with E-state index in [-0.39, 0.29) is 11.1 Å². The fourth-order valence-electron chi connectivity index (χ4n) is 1.28. The Morgan fingerprint density at radius 1 is 0.792 bits per heavy atom. The molecule has 1 rings (SSSR count). The van der Waals surface area contributed by atoms with Gasteiger partial charge in [-0.3, -0.25) is 0 Å². The van der Waals surface area contributed by atoms with Gasteiger partial charge < -0.3 is 8.37 Å². The monoisotopic (exact) mass is 416 g/mol. The van der Waals surface area contributed by atoms with Crippen molar-refractivity contribution in [1.29, 1.82) is 0 Å². The van der Waals surface area contributed by atoms with Crippen LogP contribution in [0.3, 0.4) is 0 Å². The molecule has 0 atom stereocenters. The van der Waals surface area contributed by atoms with Crippen LogP contribution in [0.4, 0.5) is 0 Å². The minimum atomic E-state index is -4.25. The quantitative estimate of drug-likeness (QED) is 0.565.